The first-order valence-electron chi connectivity index (χ1n) is 15.3. The number of aryl methyl sites for hydroxylation is 1. The van der Waals surface area contributed by atoms with E-state index in [4.69, 9.17) is 19.4 Å². The van der Waals surface area contributed by atoms with Crippen LogP contribution in [-0.4, -0.2) is 72.3 Å². The SMILES string of the molecule is COc1nc2c(NC3CCN(c4cccnc4)CC3)c3c(nc2cc1COCCN1CCC(C)C1)CCCCC3. The predicted octanol–water partition coefficient (Wildman–Crippen LogP) is 5.24. The summed E-state index contributed by atoms with van der Waals surface area (Å²) in [7, 11) is 1.71. The molecule has 0 aromatic carbocycles. The van der Waals surface area contributed by atoms with E-state index in [9.17, 15) is 0 Å². The zero-order valence-electron chi connectivity index (χ0n) is 24.2. The minimum atomic E-state index is 0.398. The lowest BCUT2D eigenvalue weighted by Gasteiger charge is -2.34. The Balaban J connectivity index is 1.21. The molecule has 8 nitrogen and oxygen atoms in total. The van der Waals surface area contributed by atoms with Crippen molar-refractivity contribution in [3.63, 3.8) is 0 Å². The average molecular weight is 545 g/mol. The van der Waals surface area contributed by atoms with Crippen molar-refractivity contribution in [3.8, 4) is 5.88 Å². The summed E-state index contributed by atoms with van der Waals surface area (Å²) in [6, 6.07) is 6.72. The smallest absolute Gasteiger partial charge is 0.219 e. The summed E-state index contributed by atoms with van der Waals surface area (Å²) in [5.74, 6) is 1.44. The van der Waals surface area contributed by atoms with Crippen molar-refractivity contribution >= 4 is 22.4 Å². The molecule has 1 N–H and O–H groups in total. The van der Waals surface area contributed by atoms with Crippen LogP contribution in [0.2, 0.25) is 0 Å². The van der Waals surface area contributed by atoms with Crippen LogP contribution in [0.1, 0.15) is 62.3 Å². The number of anilines is 2. The van der Waals surface area contributed by atoms with Crippen LogP contribution in [0.15, 0.2) is 30.6 Å². The van der Waals surface area contributed by atoms with Gasteiger partial charge in [0.15, 0.2) is 0 Å². The zero-order chi connectivity index (χ0) is 27.3. The monoisotopic (exact) mass is 544 g/mol. The van der Waals surface area contributed by atoms with Gasteiger partial charge in [0.1, 0.15) is 5.52 Å². The van der Waals surface area contributed by atoms with E-state index in [-0.39, 0.29) is 0 Å². The molecule has 40 heavy (non-hydrogen) atoms. The van der Waals surface area contributed by atoms with Gasteiger partial charge in [0.25, 0.3) is 0 Å². The molecule has 2 aliphatic heterocycles. The van der Waals surface area contributed by atoms with Gasteiger partial charge in [0, 0.05) is 49.7 Å². The van der Waals surface area contributed by atoms with E-state index >= 15 is 0 Å². The fourth-order valence-electron chi connectivity index (χ4n) is 6.61. The third-order valence-corrected chi connectivity index (χ3v) is 8.89. The number of ether oxygens (including phenoxy) is 2. The molecule has 0 bridgehead atoms. The van der Waals surface area contributed by atoms with Crippen molar-refractivity contribution in [1.29, 1.82) is 0 Å². The first-order chi connectivity index (χ1) is 19.7. The number of piperidine rings is 1. The third-order valence-electron chi connectivity index (χ3n) is 8.89. The van der Waals surface area contributed by atoms with E-state index in [0.717, 1.165) is 74.4 Å². The number of aromatic nitrogens is 3. The summed E-state index contributed by atoms with van der Waals surface area (Å²) in [5.41, 5.74) is 7.84. The second kappa shape index (κ2) is 12.7. The highest BCUT2D eigenvalue weighted by molar-refractivity contribution is 5.91. The van der Waals surface area contributed by atoms with Crippen LogP contribution in [-0.2, 0) is 24.2 Å². The number of nitrogens with one attached hydrogen (secondary N) is 1. The standard InChI is InChI=1S/C32H44N6O2/c1-23-10-14-37(21-23)17-18-40-22-24-19-29-31(36-32(24)39-2)30(27-8-4-3-5-9-28(27)35-29)34-25-11-15-38(16-12-25)26-7-6-13-33-20-26/h6-7,13,19-20,23,25H,3-5,8-12,14-18,21-22H2,1-2H3,(H,34,35). The molecule has 8 heteroatoms. The Hall–Kier alpha value is -2.97. The molecular formula is C32H44N6O2. The van der Waals surface area contributed by atoms with Gasteiger partial charge in [-0.2, -0.15) is 0 Å². The minimum Gasteiger partial charge on any atom is -0.481 e. The molecule has 0 spiro atoms. The van der Waals surface area contributed by atoms with Gasteiger partial charge in [0.2, 0.25) is 5.88 Å². The van der Waals surface area contributed by atoms with E-state index in [1.54, 1.807) is 7.11 Å². The van der Waals surface area contributed by atoms with Gasteiger partial charge in [-0.05, 0) is 81.2 Å². The molecule has 214 valence electrons. The second-order valence-electron chi connectivity index (χ2n) is 11.9. The molecule has 5 heterocycles. The molecule has 1 atom stereocenters. The summed E-state index contributed by atoms with van der Waals surface area (Å²) in [6.45, 7) is 8.91. The highest BCUT2D eigenvalue weighted by atomic mass is 16.5. The predicted molar refractivity (Wildman–Crippen MR) is 160 cm³/mol. The topological polar surface area (TPSA) is 75.6 Å². The summed E-state index contributed by atoms with van der Waals surface area (Å²) >= 11 is 0. The fraction of sp³-hybridized carbons (Fsp3) is 0.594. The molecule has 0 saturated carbocycles. The molecule has 3 aliphatic rings. The van der Waals surface area contributed by atoms with Crippen LogP contribution in [0.4, 0.5) is 11.4 Å². The Labute approximate surface area is 238 Å². The summed E-state index contributed by atoms with van der Waals surface area (Å²) < 4.78 is 11.9. The number of hydrogen-bond donors (Lipinski definition) is 1. The van der Waals surface area contributed by atoms with Crippen molar-refractivity contribution in [3.05, 3.63) is 47.4 Å². The maximum Gasteiger partial charge on any atom is 0.219 e. The number of likely N-dealkylation sites (tertiary alicyclic amines) is 1. The van der Waals surface area contributed by atoms with Crippen molar-refractivity contribution in [2.45, 2.75) is 70.9 Å². The van der Waals surface area contributed by atoms with E-state index in [1.165, 1.54) is 61.4 Å². The number of nitrogens with zero attached hydrogens (tertiary/aromatic N) is 5. The Morgan fingerprint density at radius 1 is 1.05 bits per heavy atom. The average Bonchev–Trinajstić information content (AvgIpc) is 3.26. The van der Waals surface area contributed by atoms with Crippen LogP contribution in [0.3, 0.4) is 0 Å². The van der Waals surface area contributed by atoms with Gasteiger partial charge in [0.05, 0.1) is 43.4 Å². The van der Waals surface area contributed by atoms with Gasteiger partial charge in [-0.25, -0.2) is 4.98 Å². The highest BCUT2D eigenvalue weighted by Gasteiger charge is 2.25. The van der Waals surface area contributed by atoms with Crippen LogP contribution >= 0.6 is 0 Å². The van der Waals surface area contributed by atoms with Crippen molar-refractivity contribution in [1.82, 2.24) is 19.9 Å². The largest absolute Gasteiger partial charge is 0.481 e. The normalized spacial score (nSPS) is 20.4. The summed E-state index contributed by atoms with van der Waals surface area (Å²) in [5, 5.41) is 3.97. The maximum absolute atomic E-state index is 6.13. The van der Waals surface area contributed by atoms with Gasteiger partial charge in [-0.3, -0.25) is 9.97 Å². The molecule has 6 rings (SSSR count). The number of fused-ring (bicyclic) bond motifs is 2. The first kappa shape index (κ1) is 27.2. The first-order valence-corrected chi connectivity index (χ1v) is 15.3. The Kier molecular flexibility index (Phi) is 8.63. The van der Waals surface area contributed by atoms with Gasteiger partial charge in [-0.15, -0.1) is 0 Å². The third kappa shape index (κ3) is 6.18. The molecular weight excluding hydrogens is 500 g/mol. The molecule has 2 saturated heterocycles. The molecule has 2 fully saturated rings. The molecule has 1 unspecified atom stereocenters. The number of rotatable bonds is 9. The molecule has 0 amide bonds. The number of pyridine rings is 3. The van der Waals surface area contributed by atoms with Crippen LogP contribution in [0, 0.1) is 5.92 Å². The minimum absolute atomic E-state index is 0.398. The van der Waals surface area contributed by atoms with Crippen LogP contribution < -0.4 is 15.0 Å². The summed E-state index contributed by atoms with van der Waals surface area (Å²) in [6.07, 6.45) is 13.0. The van der Waals surface area contributed by atoms with E-state index in [2.05, 4.69) is 39.2 Å². The van der Waals surface area contributed by atoms with Gasteiger partial charge >= 0.3 is 0 Å². The lowest BCUT2D eigenvalue weighted by Crippen LogP contribution is -2.39. The Bertz CT molecular complexity index is 1280. The van der Waals surface area contributed by atoms with Crippen molar-refractivity contribution in [2.75, 3.05) is 56.7 Å². The van der Waals surface area contributed by atoms with Crippen molar-refractivity contribution in [2.24, 2.45) is 5.92 Å². The fourth-order valence-corrected chi connectivity index (χ4v) is 6.61. The maximum atomic E-state index is 6.13. The number of methoxy groups -OCH3 is 1. The molecule has 3 aromatic heterocycles. The Morgan fingerprint density at radius 3 is 2.70 bits per heavy atom. The number of hydrogen-bond acceptors (Lipinski definition) is 8. The molecule has 1 aliphatic carbocycles. The lowest BCUT2D eigenvalue weighted by molar-refractivity contribution is 0.0967. The summed E-state index contributed by atoms with van der Waals surface area (Å²) in [4.78, 5) is 19.5. The van der Waals surface area contributed by atoms with Crippen LogP contribution in [0.5, 0.6) is 5.88 Å². The van der Waals surface area contributed by atoms with E-state index in [0.29, 0.717) is 18.5 Å². The zero-order valence-corrected chi connectivity index (χ0v) is 24.2. The highest BCUT2D eigenvalue weighted by Crippen LogP contribution is 2.36. The molecule has 3 aromatic rings. The van der Waals surface area contributed by atoms with Gasteiger partial charge < -0.3 is 24.6 Å². The van der Waals surface area contributed by atoms with E-state index < -0.39 is 0 Å². The van der Waals surface area contributed by atoms with Crippen LogP contribution in [0.25, 0.3) is 11.0 Å². The van der Waals surface area contributed by atoms with Gasteiger partial charge in [-0.1, -0.05) is 13.3 Å². The second-order valence-corrected chi connectivity index (χ2v) is 11.9. The Morgan fingerprint density at radius 2 is 1.93 bits per heavy atom. The molecule has 0 radical (unpaired) electrons. The quantitative estimate of drug-likeness (QED) is 0.290. The lowest BCUT2D eigenvalue weighted by atomic mass is 10.00. The van der Waals surface area contributed by atoms with E-state index in [1.807, 2.05) is 18.5 Å². The van der Waals surface area contributed by atoms with Crippen molar-refractivity contribution < 1.29 is 9.47 Å².